The van der Waals surface area contributed by atoms with E-state index in [1.54, 1.807) is 26.0 Å². The molecule has 1 aromatic rings. The predicted octanol–water partition coefficient (Wildman–Crippen LogP) is -1.38. The zero-order valence-electron chi connectivity index (χ0n) is 12.5. The van der Waals surface area contributed by atoms with Crippen LogP contribution in [-0.2, 0) is 25.4 Å². The van der Waals surface area contributed by atoms with Gasteiger partial charge in [0.25, 0.3) is 0 Å². The average molecular weight is 383 g/mol. The molecule has 0 aromatic heterocycles. The predicted molar refractivity (Wildman–Crippen MR) is 80.5 cm³/mol. The van der Waals surface area contributed by atoms with Crippen LogP contribution in [0.4, 0.5) is 0 Å². The molecular weight excluding hydrogens is 362 g/mol. The Bertz CT molecular complexity index is 421. The van der Waals surface area contributed by atoms with Crippen LogP contribution < -0.4 is 24.8 Å². The van der Waals surface area contributed by atoms with Gasteiger partial charge in [-0.3, -0.25) is 6.08 Å². The number of allylic oxidation sites excluding steroid dienone is 4. The van der Waals surface area contributed by atoms with E-state index in [1.165, 1.54) is 6.07 Å². The molecule has 117 valence electrons. The molecule has 0 unspecified atom stereocenters. The summed E-state index contributed by atoms with van der Waals surface area (Å²) in [5.41, 5.74) is 1.08. The third-order valence-corrected chi connectivity index (χ3v) is 2.55. The summed E-state index contributed by atoms with van der Waals surface area (Å²) in [5, 5.41) is 9.86. The Morgan fingerprint density at radius 1 is 1.19 bits per heavy atom. The number of halogens is 3. The van der Waals surface area contributed by atoms with E-state index in [-0.39, 0.29) is 36.0 Å². The maximum Gasteiger partial charge on any atom is -1.00 e. The second-order valence-corrected chi connectivity index (χ2v) is 5.39. The maximum atomic E-state index is 9.27. The van der Waals surface area contributed by atoms with Crippen molar-refractivity contribution in [2.75, 3.05) is 0 Å². The summed E-state index contributed by atoms with van der Waals surface area (Å²) >= 11 is 7.55. The third-order valence-electron chi connectivity index (χ3n) is 2.33. The number of benzene rings is 1. The number of hydrogen-bond donors (Lipinski definition) is 1. The van der Waals surface area contributed by atoms with Crippen molar-refractivity contribution in [2.45, 2.75) is 32.6 Å². The monoisotopic (exact) mass is 381 g/mol. The molecule has 0 radical (unpaired) electrons. The molecule has 0 amide bonds. The molecule has 5 heteroatoms. The summed E-state index contributed by atoms with van der Waals surface area (Å²) in [6.45, 7) is 6.24. The van der Waals surface area contributed by atoms with Crippen LogP contribution in [0, 0.1) is 6.08 Å². The number of rotatable bonds is 0. The van der Waals surface area contributed by atoms with Gasteiger partial charge in [-0.25, -0.2) is 12.2 Å². The minimum absolute atomic E-state index is 0. The van der Waals surface area contributed by atoms with Crippen molar-refractivity contribution >= 4 is 16.4 Å². The molecule has 1 aliphatic carbocycles. The van der Waals surface area contributed by atoms with E-state index in [9.17, 15) is 5.11 Å². The number of aromatic hydroxyl groups is 1. The van der Waals surface area contributed by atoms with Gasteiger partial charge in [-0.2, -0.15) is 6.08 Å². The van der Waals surface area contributed by atoms with E-state index in [4.69, 9.17) is 11.6 Å². The van der Waals surface area contributed by atoms with Crippen molar-refractivity contribution < 1.29 is 49.9 Å². The van der Waals surface area contributed by atoms with E-state index in [0.717, 1.165) is 12.0 Å². The first-order valence-corrected chi connectivity index (χ1v) is 7.45. The Balaban J connectivity index is -0.000000306. The van der Waals surface area contributed by atoms with Gasteiger partial charge in [0, 0.05) is 5.02 Å². The first kappa shape index (κ1) is 25.9. The van der Waals surface area contributed by atoms with Crippen LogP contribution >= 0.6 is 11.6 Å². The van der Waals surface area contributed by atoms with Crippen molar-refractivity contribution in [1.29, 1.82) is 0 Å². The molecule has 2 rings (SSSR count). The molecule has 1 aliphatic rings. The van der Waals surface area contributed by atoms with Crippen LogP contribution in [0.1, 0.15) is 32.8 Å². The first-order valence-electron chi connectivity index (χ1n) is 5.97. The Morgan fingerprint density at radius 2 is 1.76 bits per heavy atom. The minimum Gasteiger partial charge on any atom is -1.00 e. The number of phenols is 1. The van der Waals surface area contributed by atoms with Gasteiger partial charge in [-0.15, -0.1) is 6.42 Å². The van der Waals surface area contributed by atoms with Crippen LogP contribution in [0.3, 0.4) is 0 Å². The summed E-state index contributed by atoms with van der Waals surface area (Å²) in [5.74, 6) is 0.229. The van der Waals surface area contributed by atoms with Gasteiger partial charge in [0.1, 0.15) is 5.75 Å². The SMILES string of the molecule is CC(C)(C)c1cc(O)cc(Cl)c1.[C-]1=CC=CC1.[CH2]=[Ti+].[Cl-].[Cl-]. The van der Waals surface area contributed by atoms with Crippen LogP contribution in [-0.4, -0.2) is 9.92 Å². The van der Waals surface area contributed by atoms with Crippen LogP contribution in [0.25, 0.3) is 0 Å². The molecule has 1 nitrogen and oxygen atoms in total. The minimum atomic E-state index is 0. The molecule has 0 aliphatic heterocycles. The quantitative estimate of drug-likeness (QED) is 0.433. The van der Waals surface area contributed by atoms with E-state index < -0.39 is 0 Å². The van der Waals surface area contributed by atoms with E-state index >= 15 is 0 Å². The molecular formula is C16H20Cl3OTi-2. The fraction of sp³-hybridized carbons (Fsp3) is 0.312. The second kappa shape index (κ2) is 13.6. The Hall–Kier alpha value is -0.0457. The zero-order valence-corrected chi connectivity index (χ0v) is 16.3. The second-order valence-electron chi connectivity index (χ2n) is 4.95. The fourth-order valence-electron chi connectivity index (χ4n) is 1.35. The van der Waals surface area contributed by atoms with E-state index in [1.807, 2.05) is 18.2 Å². The topological polar surface area (TPSA) is 20.2 Å². The first-order chi connectivity index (χ1) is 8.89. The Morgan fingerprint density at radius 3 is 2.05 bits per heavy atom. The molecule has 0 saturated carbocycles. The maximum absolute atomic E-state index is 9.27. The van der Waals surface area contributed by atoms with Gasteiger partial charge in [0.05, 0.1) is 0 Å². The van der Waals surface area contributed by atoms with Crippen molar-refractivity contribution in [3.63, 3.8) is 0 Å². The van der Waals surface area contributed by atoms with Crippen LogP contribution in [0.5, 0.6) is 5.75 Å². The van der Waals surface area contributed by atoms with Gasteiger partial charge >= 0.3 is 24.8 Å². The smallest absolute Gasteiger partial charge is 1.00 e. The number of hydrogen-bond acceptors (Lipinski definition) is 1. The molecule has 1 N–H and O–H groups in total. The Kier molecular flexibility index (Phi) is 16.8. The molecule has 1 aromatic carbocycles. The van der Waals surface area contributed by atoms with Crippen molar-refractivity contribution in [3.05, 3.63) is 53.1 Å². The third kappa shape index (κ3) is 12.2. The van der Waals surface area contributed by atoms with Crippen molar-refractivity contribution in [1.82, 2.24) is 0 Å². The summed E-state index contributed by atoms with van der Waals surface area (Å²) in [6, 6.07) is 5.16. The average Bonchev–Trinajstić information content (AvgIpc) is 2.88. The molecule has 0 fully saturated rings. The Labute approximate surface area is 157 Å². The molecule has 21 heavy (non-hydrogen) atoms. The van der Waals surface area contributed by atoms with Crippen LogP contribution in [0.2, 0.25) is 5.02 Å². The zero-order chi connectivity index (χ0) is 14.9. The number of phenolic OH excluding ortho intramolecular Hbond substituents is 1. The van der Waals surface area contributed by atoms with Crippen LogP contribution in [0.15, 0.2) is 36.4 Å². The van der Waals surface area contributed by atoms with Gasteiger partial charge in [-0.05, 0) is 29.2 Å². The summed E-state index contributed by atoms with van der Waals surface area (Å²) in [7, 11) is 0. The van der Waals surface area contributed by atoms with Gasteiger partial charge < -0.3 is 29.9 Å². The molecule has 0 atom stereocenters. The van der Waals surface area contributed by atoms with E-state index in [2.05, 4.69) is 37.7 Å². The summed E-state index contributed by atoms with van der Waals surface area (Å²) in [6.07, 6.45) is 10.0. The summed E-state index contributed by atoms with van der Waals surface area (Å²) < 4.78 is 0. The fourth-order valence-corrected chi connectivity index (χ4v) is 1.58. The van der Waals surface area contributed by atoms with Gasteiger partial charge in [0.2, 0.25) is 0 Å². The molecule has 0 heterocycles. The van der Waals surface area contributed by atoms with Gasteiger partial charge in [-0.1, -0.05) is 32.4 Å². The molecule has 0 bridgehead atoms. The largest absolute Gasteiger partial charge is 1.00 e. The molecule has 0 saturated heterocycles. The molecule has 0 spiro atoms. The van der Waals surface area contributed by atoms with Crippen molar-refractivity contribution in [3.8, 4) is 5.75 Å². The van der Waals surface area contributed by atoms with Gasteiger partial charge in [0.15, 0.2) is 0 Å². The summed E-state index contributed by atoms with van der Waals surface area (Å²) in [4.78, 5) is 3.25. The standard InChI is InChI=1S/C10H13ClO.C5H5.CH2.2ClH.Ti/c1-10(2,3)7-4-8(11)6-9(12)5-7;1-2-4-5-3-1;;;;/h4-6,12H,1-3H3;1-3H,4H2;1H2;2*1H;/q;-1;;;;+1/p-2. The van der Waals surface area contributed by atoms with Crippen molar-refractivity contribution in [2.24, 2.45) is 0 Å². The van der Waals surface area contributed by atoms with E-state index in [0.29, 0.717) is 5.02 Å². The normalized spacial score (nSPS) is 11.1.